The van der Waals surface area contributed by atoms with E-state index in [1.807, 2.05) is 19.2 Å². The third-order valence-corrected chi connectivity index (χ3v) is 1.82. The summed E-state index contributed by atoms with van der Waals surface area (Å²) in [7, 11) is 3.64. The molecule has 0 fully saturated rings. The quantitative estimate of drug-likeness (QED) is 0.864. The summed E-state index contributed by atoms with van der Waals surface area (Å²) in [6.07, 6.45) is 3.57. The van der Waals surface area contributed by atoms with Gasteiger partial charge in [0.15, 0.2) is 0 Å². The molecule has 18 heavy (non-hydrogen) atoms. The molecule has 2 heteroatoms. The van der Waals surface area contributed by atoms with E-state index in [0.29, 0.717) is 0 Å². The zero-order valence-electron chi connectivity index (χ0n) is 13.0. The molecule has 0 aliphatic heterocycles. The number of ether oxygens (including phenoxy) is 1. The number of hydrogen-bond donors (Lipinski definition) is 1. The van der Waals surface area contributed by atoms with E-state index in [0.717, 1.165) is 18.7 Å². The number of methoxy groups -OCH3 is 1. The lowest BCUT2D eigenvalue weighted by Crippen LogP contribution is -2.10. The molecule has 0 heterocycles. The predicted molar refractivity (Wildman–Crippen MR) is 82.6 cm³/mol. The van der Waals surface area contributed by atoms with Crippen LogP contribution in [0.15, 0.2) is 24.3 Å². The minimum atomic E-state index is 0.920. The van der Waals surface area contributed by atoms with E-state index in [1.165, 1.54) is 18.4 Å². The molecular weight excluding hydrogens is 222 g/mol. The summed E-state index contributed by atoms with van der Waals surface area (Å²) >= 11 is 0. The van der Waals surface area contributed by atoms with Gasteiger partial charge >= 0.3 is 0 Å². The van der Waals surface area contributed by atoms with Crippen LogP contribution in [0.1, 0.15) is 46.1 Å². The Morgan fingerprint density at radius 3 is 1.72 bits per heavy atom. The zero-order valence-corrected chi connectivity index (χ0v) is 13.0. The number of hydrogen-bond acceptors (Lipinski definition) is 2. The minimum Gasteiger partial charge on any atom is -0.497 e. The summed E-state index contributed by atoms with van der Waals surface area (Å²) in [5, 5.41) is 3.11. The molecule has 0 spiro atoms. The van der Waals surface area contributed by atoms with E-state index in [9.17, 15) is 0 Å². The van der Waals surface area contributed by atoms with Gasteiger partial charge in [-0.2, -0.15) is 0 Å². The summed E-state index contributed by atoms with van der Waals surface area (Å²) in [4.78, 5) is 0. The Labute approximate surface area is 114 Å². The third kappa shape index (κ3) is 13.0. The summed E-state index contributed by atoms with van der Waals surface area (Å²) in [5.74, 6) is 0.920. The van der Waals surface area contributed by atoms with Crippen LogP contribution in [-0.2, 0) is 6.42 Å². The van der Waals surface area contributed by atoms with Crippen LogP contribution < -0.4 is 10.1 Å². The van der Waals surface area contributed by atoms with Crippen LogP contribution in [0.25, 0.3) is 0 Å². The first-order chi connectivity index (χ1) is 8.69. The molecule has 0 aromatic heterocycles. The van der Waals surface area contributed by atoms with Crippen LogP contribution in [0.3, 0.4) is 0 Å². The second kappa shape index (κ2) is 16.0. The predicted octanol–water partition coefficient (Wildman–Crippen LogP) is 4.29. The molecule has 1 aromatic rings. The average molecular weight is 253 g/mol. The van der Waals surface area contributed by atoms with Gasteiger partial charge in [-0.15, -0.1) is 0 Å². The van der Waals surface area contributed by atoms with Gasteiger partial charge in [0.25, 0.3) is 0 Å². The Balaban J connectivity index is 0. The summed E-state index contributed by atoms with van der Waals surface area (Å²) in [5.41, 5.74) is 1.34. The maximum Gasteiger partial charge on any atom is 0.118 e. The molecule has 0 aliphatic rings. The zero-order chi connectivity index (χ0) is 14.2. The van der Waals surface area contributed by atoms with E-state index in [1.54, 1.807) is 7.11 Å². The Morgan fingerprint density at radius 1 is 0.944 bits per heavy atom. The molecule has 0 amide bonds. The lowest BCUT2D eigenvalue weighted by molar-refractivity contribution is 0.414. The van der Waals surface area contributed by atoms with Crippen molar-refractivity contribution in [3.8, 4) is 5.75 Å². The molecular formula is C16H31NO. The van der Waals surface area contributed by atoms with Gasteiger partial charge in [0, 0.05) is 0 Å². The molecule has 1 rings (SSSR count). The molecule has 0 saturated heterocycles. The van der Waals surface area contributed by atoms with Crippen LogP contribution in [0.2, 0.25) is 0 Å². The van der Waals surface area contributed by atoms with E-state index >= 15 is 0 Å². The average Bonchev–Trinajstić information content (AvgIpc) is 2.39. The molecule has 1 aromatic carbocycles. The van der Waals surface area contributed by atoms with Crippen molar-refractivity contribution in [3.05, 3.63) is 29.8 Å². The topological polar surface area (TPSA) is 21.3 Å². The second-order valence-corrected chi connectivity index (χ2v) is 4.12. The highest BCUT2D eigenvalue weighted by atomic mass is 16.5. The molecule has 0 bridgehead atoms. The first-order valence-corrected chi connectivity index (χ1v) is 6.97. The van der Waals surface area contributed by atoms with Crippen LogP contribution in [-0.4, -0.2) is 20.7 Å². The molecule has 0 saturated carbocycles. The van der Waals surface area contributed by atoms with Crippen molar-refractivity contribution in [2.45, 2.75) is 47.0 Å². The number of benzene rings is 1. The van der Waals surface area contributed by atoms with Gasteiger partial charge in [0.2, 0.25) is 0 Å². The Kier molecular flexibility index (Phi) is 17.2. The maximum absolute atomic E-state index is 5.06. The fraction of sp³-hybridized carbons (Fsp3) is 0.625. The van der Waals surface area contributed by atoms with Gasteiger partial charge in [0.05, 0.1) is 7.11 Å². The Bertz CT molecular complexity index is 242. The number of rotatable bonds is 4. The maximum atomic E-state index is 5.06. The van der Waals surface area contributed by atoms with Gasteiger partial charge in [-0.05, 0) is 37.7 Å². The summed E-state index contributed by atoms with van der Waals surface area (Å²) in [6.45, 7) is 9.52. The first kappa shape index (κ1) is 19.3. The molecule has 2 nitrogen and oxygen atoms in total. The third-order valence-electron chi connectivity index (χ3n) is 1.82. The Morgan fingerprint density at radius 2 is 1.39 bits per heavy atom. The van der Waals surface area contributed by atoms with Crippen LogP contribution >= 0.6 is 0 Å². The van der Waals surface area contributed by atoms with Gasteiger partial charge in [0.1, 0.15) is 5.75 Å². The van der Waals surface area contributed by atoms with Gasteiger partial charge in [-0.3, -0.25) is 0 Å². The molecule has 0 unspecified atom stereocenters. The number of likely N-dealkylation sites (N-methyl/N-ethyl adjacent to an activating group) is 1. The fourth-order valence-electron chi connectivity index (χ4n) is 1.06. The smallest absolute Gasteiger partial charge is 0.118 e. The van der Waals surface area contributed by atoms with E-state index in [-0.39, 0.29) is 0 Å². The molecule has 0 radical (unpaired) electrons. The van der Waals surface area contributed by atoms with E-state index in [2.05, 4.69) is 45.1 Å². The highest BCUT2D eigenvalue weighted by molar-refractivity contribution is 5.27. The van der Waals surface area contributed by atoms with Crippen molar-refractivity contribution in [2.24, 2.45) is 0 Å². The van der Waals surface area contributed by atoms with Gasteiger partial charge in [-0.1, -0.05) is 52.7 Å². The first-order valence-electron chi connectivity index (χ1n) is 6.97. The fourth-order valence-corrected chi connectivity index (χ4v) is 1.06. The standard InChI is InChI=1S/C10H15NO.2C3H8/c1-11-8-7-9-3-5-10(12-2)6-4-9;2*1-3-2/h3-6,11H,7-8H2,1-2H3;2*3H2,1-2H3. The monoisotopic (exact) mass is 253 g/mol. The second-order valence-electron chi connectivity index (χ2n) is 4.12. The van der Waals surface area contributed by atoms with Crippen molar-refractivity contribution in [1.82, 2.24) is 5.32 Å². The van der Waals surface area contributed by atoms with Crippen molar-refractivity contribution < 1.29 is 4.74 Å². The molecule has 106 valence electrons. The van der Waals surface area contributed by atoms with E-state index in [4.69, 9.17) is 4.74 Å². The lowest BCUT2D eigenvalue weighted by Gasteiger charge is -2.02. The number of nitrogens with one attached hydrogen (secondary N) is 1. The summed E-state index contributed by atoms with van der Waals surface area (Å²) in [6, 6.07) is 8.17. The van der Waals surface area contributed by atoms with Crippen molar-refractivity contribution in [1.29, 1.82) is 0 Å². The van der Waals surface area contributed by atoms with Crippen LogP contribution in [0, 0.1) is 0 Å². The molecule has 0 atom stereocenters. The SMILES string of the molecule is CCC.CCC.CNCCc1ccc(OC)cc1. The highest BCUT2D eigenvalue weighted by Crippen LogP contribution is 2.11. The molecule has 0 aliphatic carbocycles. The van der Waals surface area contributed by atoms with Crippen LogP contribution in [0.5, 0.6) is 5.75 Å². The summed E-state index contributed by atoms with van der Waals surface area (Å²) < 4.78 is 5.06. The van der Waals surface area contributed by atoms with Gasteiger partial charge in [-0.25, -0.2) is 0 Å². The van der Waals surface area contributed by atoms with Crippen molar-refractivity contribution in [3.63, 3.8) is 0 Å². The van der Waals surface area contributed by atoms with Crippen LogP contribution in [0.4, 0.5) is 0 Å². The minimum absolute atomic E-state index is 0.920. The largest absolute Gasteiger partial charge is 0.497 e. The van der Waals surface area contributed by atoms with Crippen molar-refractivity contribution >= 4 is 0 Å². The van der Waals surface area contributed by atoms with E-state index < -0.39 is 0 Å². The normalized spacial score (nSPS) is 8.56. The highest BCUT2D eigenvalue weighted by Gasteiger charge is 1.92. The van der Waals surface area contributed by atoms with Gasteiger partial charge < -0.3 is 10.1 Å². The Hall–Kier alpha value is -1.02. The van der Waals surface area contributed by atoms with Crippen molar-refractivity contribution in [2.75, 3.05) is 20.7 Å². The lowest BCUT2D eigenvalue weighted by atomic mass is 10.1. The molecule has 1 N–H and O–H groups in total.